The summed E-state index contributed by atoms with van der Waals surface area (Å²) in [6.45, 7) is 2.80. The highest BCUT2D eigenvalue weighted by molar-refractivity contribution is 6.42. The molecule has 5 heteroatoms. The Morgan fingerprint density at radius 2 is 2.00 bits per heavy atom. The molecule has 2 aromatic rings. The number of anilines is 1. The minimum absolute atomic E-state index is 0.334. The van der Waals surface area contributed by atoms with E-state index in [1.807, 2.05) is 19.1 Å². The summed E-state index contributed by atoms with van der Waals surface area (Å²) in [6, 6.07) is 9.82. The zero-order chi connectivity index (χ0) is 14.5. The van der Waals surface area contributed by atoms with Crippen LogP contribution in [-0.2, 0) is 6.54 Å². The number of benzene rings is 2. The third kappa shape index (κ3) is 3.56. The molecule has 2 aromatic carbocycles. The van der Waals surface area contributed by atoms with Gasteiger partial charge in [0.1, 0.15) is 11.6 Å². The second-order valence-corrected chi connectivity index (χ2v) is 4.93. The lowest BCUT2D eigenvalue weighted by atomic mass is 10.2. The van der Waals surface area contributed by atoms with E-state index in [4.69, 9.17) is 27.9 Å². The van der Waals surface area contributed by atoms with Crippen molar-refractivity contribution in [3.05, 3.63) is 57.8 Å². The van der Waals surface area contributed by atoms with E-state index >= 15 is 0 Å². The van der Waals surface area contributed by atoms with Crippen LogP contribution in [0.15, 0.2) is 36.4 Å². The smallest absolute Gasteiger partial charge is 0.145 e. The van der Waals surface area contributed by atoms with Gasteiger partial charge < -0.3 is 10.1 Å². The standard InChI is InChI=1S/C15H14Cl2FNO/c1-2-20-14-8-11(18)6-7-13(14)19-9-10-4-3-5-12(16)15(10)17/h3-8,19H,2,9H2,1H3. The van der Waals surface area contributed by atoms with Crippen molar-refractivity contribution in [2.45, 2.75) is 13.5 Å². The number of rotatable bonds is 5. The monoisotopic (exact) mass is 313 g/mol. The van der Waals surface area contributed by atoms with Crippen molar-refractivity contribution in [2.75, 3.05) is 11.9 Å². The van der Waals surface area contributed by atoms with Crippen LogP contribution in [0.5, 0.6) is 5.75 Å². The van der Waals surface area contributed by atoms with Crippen molar-refractivity contribution in [3.8, 4) is 5.75 Å². The fraction of sp³-hybridized carbons (Fsp3) is 0.200. The Kier molecular flexibility index (Phi) is 5.10. The largest absolute Gasteiger partial charge is 0.492 e. The fourth-order valence-electron chi connectivity index (χ4n) is 1.79. The first kappa shape index (κ1) is 14.9. The Balaban J connectivity index is 2.16. The molecule has 0 aliphatic rings. The maximum Gasteiger partial charge on any atom is 0.145 e. The Hall–Kier alpha value is -1.45. The summed E-state index contributed by atoms with van der Waals surface area (Å²) >= 11 is 12.1. The molecule has 0 amide bonds. The van der Waals surface area contributed by atoms with Gasteiger partial charge in [0, 0.05) is 12.6 Å². The van der Waals surface area contributed by atoms with E-state index in [0.29, 0.717) is 34.6 Å². The number of nitrogens with one attached hydrogen (secondary N) is 1. The van der Waals surface area contributed by atoms with Crippen LogP contribution in [0, 0.1) is 5.82 Å². The lowest BCUT2D eigenvalue weighted by molar-refractivity contribution is 0.340. The van der Waals surface area contributed by atoms with Gasteiger partial charge in [-0.2, -0.15) is 0 Å². The summed E-state index contributed by atoms with van der Waals surface area (Å²) in [6.07, 6.45) is 0. The van der Waals surface area contributed by atoms with E-state index in [-0.39, 0.29) is 5.82 Å². The summed E-state index contributed by atoms with van der Waals surface area (Å²) in [7, 11) is 0. The molecule has 0 spiro atoms. The summed E-state index contributed by atoms with van der Waals surface area (Å²) in [5.41, 5.74) is 1.58. The third-order valence-corrected chi connectivity index (χ3v) is 3.60. The van der Waals surface area contributed by atoms with E-state index in [9.17, 15) is 4.39 Å². The minimum Gasteiger partial charge on any atom is -0.492 e. The van der Waals surface area contributed by atoms with Gasteiger partial charge in [-0.25, -0.2) is 4.39 Å². The van der Waals surface area contributed by atoms with Gasteiger partial charge in [-0.15, -0.1) is 0 Å². The second kappa shape index (κ2) is 6.82. The zero-order valence-electron chi connectivity index (χ0n) is 10.9. The van der Waals surface area contributed by atoms with Crippen molar-refractivity contribution in [1.82, 2.24) is 0 Å². The molecule has 0 fully saturated rings. The Labute approximate surface area is 127 Å². The molecule has 0 heterocycles. The molecule has 0 aliphatic heterocycles. The van der Waals surface area contributed by atoms with Crippen molar-refractivity contribution in [2.24, 2.45) is 0 Å². The highest BCUT2D eigenvalue weighted by Gasteiger charge is 2.07. The normalized spacial score (nSPS) is 10.4. The first-order chi connectivity index (χ1) is 9.61. The van der Waals surface area contributed by atoms with Crippen molar-refractivity contribution in [1.29, 1.82) is 0 Å². The van der Waals surface area contributed by atoms with Crippen LogP contribution in [0.3, 0.4) is 0 Å². The Morgan fingerprint density at radius 1 is 1.20 bits per heavy atom. The van der Waals surface area contributed by atoms with Crippen LogP contribution < -0.4 is 10.1 Å². The van der Waals surface area contributed by atoms with Gasteiger partial charge >= 0.3 is 0 Å². The topological polar surface area (TPSA) is 21.3 Å². The molecule has 2 rings (SSSR count). The lowest BCUT2D eigenvalue weighted by Crippen LogP contribution is -2.03. The number of hydrogen-bond donors (Lipinski definition) is 1. The molecule has 0 unspecified atom stereocenters. The van der Waals surface area contributed by atoms with E-state index in [0.717, 1.165) is 5.56 Å². The van der Waals surface area contributed by atoms with E-state index in [2.05, 4.69) is 5.32 Å². The molecular weight excluding hydrogens is 300 g/mol. The van der Waals surface area contributed by atoms with Crippen LogP contribution in [0.25, 0.3) is 0 Å². The molecule has 0 radical (unpaired) electrons. The van der Waals surface area contributed by atoms with Gasteiger partial charge in [-0.1, -0.05) is 35.3 Å². The summed E-state index contributed by atoms with van der Waals surface area (Å²) in [5, 5.41) is 4.20. The molecule has 20 heavy (non-hydrogen) atoms. The summed E-state index contributed by atoms with van der Waals surface area (Å²) in [4.78, 5) is 0. The van der Waals surface area contributed by atoms with Gasteiger partial charge in [0.05, 0.1) is 22.3 Å². The zero-order valence-corrected chi connectivity index (χ0v) is 12.4. The highest BCUT2D eigenvalue weighted by atomic mass is 35.5. The van der Waals surface area contributed by atoms with Crippen LogP contribution >= 0.6 is 23.2 Å². The molecule has 0 aromatic heterocycles. The minimum atomic E-state index is -0.334. The molecular formula is C15H14Cl2FNO. The maximum atomic E-state index is 13.2. The maximum absolute atomic E-state index is 13.2. The van der Waals surface area contributed by atoms with Crippen LogP contribution in [0.4, 0.5) is 10.1 Å². The number of ether oxygens (including phenoxy) is 1. The lowest BCUT2D eigenvalue weighted by Gasteiger charge is -2.13. The Morgan fingerprint density at radius 3 is 2.75 bits per heavy atom. The molecule has 0 bridgehead atoms. The average molecular weight is 314 g/mol. The highest BCUT2D eigenvalue weighted by Crippen LogP contribution is 2.29. The first-order valence-electron chi connectivity index (χ1n) is 6.21. The van der Waals surface area contributed by atoms with Crippen LogP contribution in [-0.4, -0.2) is 6.61 Å². The molecule has 0 saturated heterocycles. The fourth-order valence-corrected chi connectivity index (χ4v) is 2.18. The van der Waals surface area contributed by atoms with Crippen LogP contribution in [0.1, 0.15) is 12.5 Å². The van der Waals surface area contributed by atoms with Crippen molar-refractivity contribution in [3.63, 3.8) is 0 Å². The molecule has 0 atom stereocenters. The van der Waals surface area contributed by atoms with Gasteiger partial charge in [0.2, 0.25) is 0 Å². The SMILES string of the molecule is CCOc1cc(F)ccc1NCc1cccc(Cl)c1Cl. The van der Waals surface area contributed by atoms with Gasteiger partial charge in [0.15, 0.2) is 0 Å². The predicted octanol–water partition coefficient (Wildman–Crippen LogP) is 5.14. The third-order valence-electron chi connectivity index (χ3n) is 2.74. The van der Waals surface area contributed by atoms with Gasteiger partial charge in [0.25, 0.3) is 0 Å². The van der Waals surface area contributed by atoms with E-state index in [1.54, 1.807) is 12.1 Å². The second-order valence-electron chi connectivity index (χ2n) is 4.14. The van der Waals surface area contributed by atoms with Gasteiger partial charge in [-0.3, -0.25) is 0 Å². The number of halogens is 3. The summed E-state index contributed by atoms with van der Waals surface area (Å²) in [5.74, 6) is 0.144. The van der Waals surface area contributed by atoms with Gasteiger partial charge in [-0.05, 0) is 30.7 Å². The van der Waals surface area contributed by atoms with E-state index < -0.39 is 0 Å². The van der Waals surface area contributed by atoms with E-state index in [1.165, 1.54) is 12.1 Å². The quantitative estimate of drug-likeness (QED) is 0.824. The van der Waals surface area contributed by atoms with Crippen molar-refractivity contribution < 1.29 is 9.13 Å². The molecule has 0 saturated carbocycles. The number of hydrogen-bond acceptors (Lipinski definition) is 2. The van der Waals surface area contributed by atoms with Crippen molar-refractivity contribution >= 4 is 28.9 Å². The molecule has 2 nitrogen and oxygen atoms in total. The summed E-state index contributed by atoms with van der Waals surface area (Å²) < 4.78 is 18.6. The predicted molar refractivity (Wildman–Crippen MR) is 81.4 cm³/mol. The molecule has 106 valence electrons. The first-order valence-corrected chi connectivity index (χ1v) is 6.96. The molecule has 1 N–H and O–H groups in total. The Bertz CT molecular complexity index is 604. The average Bonchev–Trinajstić information content (AvgIpc) is 2.42. The van der Waals surface area contributed by atoms with Crippen LogP contribution in [0.2, 0.25) is 10.0 Å². The molecule has 0 aliphatic carbocycles.